The van der Waals surface area contributed by atoms with E-state index in [-0.39, 0.29) is 52.9 Å². The van der Waals surface area contributed by atoms with Gasteiger partial charge in [0.25, 0.3) is 5.91 Å². The fourth-order valence-corrected chi connectivity index (χ4v) is 4.28. The van der Waals surface area contributed by atoms with Crippen LogP contribution in [0.3, 0.4) is 0 Å². The molecule has 0 fully saturated rings. The number of fused-ring (bicyclic) bond motifs is 1. The summed E-state index contributed by atoms with van der Waals surface area (Å²) in [4.78, 5) is 39.5. The van der Waals surface area contributed by atoms with Crippen molar-refractivity contribution in [1.29, 1.82) is 0 Å². The van der Waals surface area contributed by atoms with E-state index in [0.717, 1.165) is 5.56 Å². The zero-order chi connectivity index (χ0) is 22.8. The van der Waals surface area contributed by atoms with Gasteiger partial charge in [-0.1, -0.05) is 48.0 Å². The molecule has 2 aromatic carbocycles. The Morgan fingerprint density at radius 3 is 2.53 bits per heavy atom. The molecular weight excluding hydrogens is 503 g/mol. The van der Waals surface area contributed by atoms with Crippen LogP contribution in [0.4, 0.5) is 4.39 Å². The number of ether oxygens (including phenoxy) is 1. The van der Waals surface area contributed by atoms with Crippen molar-refractivity contribution in [3.05, 3.63) is 96.6 Å². The minimum atomic E-state index is -0.575. The van der Waals surface area contributed by atoms with Gasteiger partial charge in [-0.05, 0) is 39.2 Å². The van der Waals surface area contributed by atoms with E-state index in [9.17, 15) is 18.8 Å². The molecule has 3 aromatic rings. The van der Waals surface area contributed by atoms with Gasteiger partial charge in [-0.25, -0.2) is 4.39 Å². The average molecular weight is 520 g/mol. The van der Waals surface area contributed by atoms with Gasteiger partial charge in [0, 0.05) is 19.6 Å². The van der Waals surface area contributed by atoms with Gasteiger partial charge in [0.1, 0.15) is 18.1 Å². The highest BCUT2D eigenvalue weighted by atomic mass is 79.9. The minimum absolute atomic E-state index is 0.00990. The van der Waals surface area contributed by atoms with Crippen LogP contribution >= 0.6 is 27.5 Å². The molecule has 9 heteroatoms. The molecule has 2 heterocycles. The van der Waals surface area contributed by atoms with Crippen molar-refractivity contribution in [2.45, 2.75) is 19.7 Å². The van der Waals surface area contributed by atoms with Crippen LogP contribution in [0.1, 0.15) is 32.1 Å². The number of hydrogen-bond acceptors (Lipinski definition) is 4. The number of hydrogen-bond donors (Lipinski definition) is 0. The molecular formula is C23H17BrClFN2O4. The summed E-state index contributed by atoms with van der Waals surface area (Å²) in [7, 11) is 0. The normalized spacial score (nSPS) is 13.1. The van der Waals surface area contributed by atoms with Crippen LogP contribution in [0.2, 0.25) is 5.02 Å². The maximum atomic E-state index is 13.5. The van der Waals surface area contributed by atoms with Crippen molar-refractivity contribution in [3.8, 4) is 5.75 Å². The van der Waals surface area contributed by atoms with Crippen LogP contribution in [-0.4, -0.2) is 28.2 Å². The summed E-state index contributed by atoms with van der Waals surface area (Å²) in [5, 5.41) is -0.0392. The predicted octanol–water partition coefficient (Wildman–Crippen LogP) is 4.45. The van der Waals surface area contributed by atoms with E-state index < -0.39 is 17.2 Å². The van der Waals surface area contributed by atoms with Crippen molar-refractivity contribution in [2.75, 3.05) is 6.54 Å². The van der Waals surface area contributed by atoms with E-state index in [0.29, 0.717) is 11.8 Å². The molecule has 0 unspecified atom stereocenters. The molecule has 1 aromatic heterocycles. The van der Waals surface area contributed by atoms with Crippen molar-refractivity contribution in [3.63, 3.8) is 0 Å². The van der Waals surface area contributed by atoms with Crippen LogP contribution in [-0.2, 0) is 19.7 Å². The van der Waals surface area contributed by atoms with Gasteiger partial charge < -0.3 is 14.2 Å². The van der Waals surface area contributed by atoms with Gasteiger partial charge in [-0.15, -0.1) is 0 Å². The van der Waals surface area contributed by atoms with Crippen LogP contribution in [0.5, 0.6) is 5.75 Å². The molecule has 1 amide bonds. The first-order valence-corrected chi connectivity index (χ1v) is 10.9. The monoisotopic (exact) mass is 518 g/mol. The molecule has 164 valence electrons. The molecule has 0 N–H and O–H groups in total. The molecule has 6 nitrogen and oxygen atoms in total. The highest BCUT2D eigenvalue weighted by molar-refractivity contribution is 9.10. The molecule has 32 heavy (non-hydrogen) atoms. The maximum absolute atomic E-state index is 13.5. The maximum Gasteiger partial charge on any atom is 0.274 e. The second kappa shape index (κ2) is 9.26. The lowest BCUT2D eigenvalue weighted by Gasteiger charge is -2.32. The molecule has 0 radical (unpaired) electrons. The lowest BCUT2D eigenvalue weighted by Crippen LogP contribution is -2.43. The summed E-state index contributed by atoms with van der Waals surface area (Å²) in [5.41, 5.74) is 0.974. The molecule has 4 rings (SSSR count). The molecule has 1 aliphatic rings. The van der Waals surface area contributed by atoms with E-state index >= 15 is 0 Å². The fourth-order valence-electron chi connectivity index (χ4n) is 3.59. The van der Waals surface area contributed by atoms with Crippen molar-refractivity contribution in [1.82, 2.24) is 9.47 Å². The number of halogens is 3. The lowest BCUT2D eigenvalue weighted by molar-refractivity contribution is 0.0678. The van der Waals surface area contributed by atoms with Gasteiger partial charge in [0.2, 0.25) is 5.43 Å². The molecule has 0 spiro atoms. The molecule has 1 aliphatic heterocycles. The third kappa shape index (κ3) is 4.20. The largest absolute Gasteiger partial charge is 0.483 e. The number of rotatable bonds is 6. The number of aldehydes is 1. The van der Waals surface area contributed by atoms with Gasteiger partial charge in [0.05, 0.1) is 9.50 Å². The van der Waals surface area contributed by atoms with Gasteiger partial charge in [0.15, 0.2) is 17.7 Å². The number of pyridine rings is 1. The summed E-state index contributed by atoms with van der Waals surface area (Å²) in [5.74, 6) is -1.14. The quantitative estimate of drug-likeness (QED) is 0.451. The first-order valence-electron chi connectivity index (χ1n) is 9.72. The Hall–Kier alpha value is -2.97. The molecule has 0 bridgehead atoms. The standard InChI is InChI=1S/C23H17BrClFN2O4/c24-19-18(12-29)28-9-8-27(11-15-6-7-17(26)16(25)10-15)23(31)20(28)22(21(19)30)32-13-14-4-2-1-3-5-14/h1-7,10,12H,8-9,11,13H2. The Morgan fingerprint density at radius 1 is 1.09 bits per heavy atom. The van der Waals surface area contributed by atoms with E-state index in [1.54, 1.807) is 6.07 Å². The fraction of sp³-hybridized carbons (Fsp3) is 0.174. The van der Waals surface area contributed by atoms with E-state index in [2.05, 4.69) is 15.9 Å². The Bertz CT molecular complexity index is 1260. The zero-order valence-electron chi connectivity index (χ0n) is 16.7. The number of amides is 1. The summed E-state index contributed by atoms with van der Waals surface area (Å²) in [6.07, 6.45) is 0.540. The first kappa shape index (κ1) is 22.2. The molecule has 0 atom stereocenters. The summed E-state index contributed by atoms with van der Waals surface area (Å²) >= 11 is 9.04. The number of carbonyl (C=O) groups is 2. The van der Waals surface area contributed by atoms with Gasteiger partial charge in [-0.3, -0.25) is 14.4 Å². The second-order valence-corrected chi connectivity index (χ2v) is 8.43. The van der Waals surface area contributed by atoms with E-state index in [1.165, 1.54) is 21.6 Å². The molecule has 0 saturated carbocycles. The average Bonchev–Trinajstić information content (AvgIpc) is 2.79. The Labute approximate surface area is 196 Å². The number of benzene rings is 2. The minimum Gasteiger partial charge on any atom is -0.483 e. The SMILES string of the molecule is O=Cc1c(Br)c(=O)c(OCc2ccccc2)c2n1CCN(Cc1ccc(F)c(Cl)c1)C2=O. The highest BCUT2D eigenvalue weighted by Gasteiger charge is 2.33. The number of aromatic nitrogens is 1. The van der Waals surface area contributed by atoms with E-state index in [4.69, 9.17) is 16.3 Å². The third-order valence-corrected chi connectivity index (χ3v) is 6.24. The van der Waals surface area contributed by atoms with Crippen LogP contribution in [0.15, 0.2) is 57.8 Å². The Kier molecular flexibility index (Phi) is 6.43. The smallest absolute Gasteiger partial charge is 0.274 e. The van der Waals surface area contributed by atoms with Crippen LogP contribution in [0.25, 0.3) is 0 Å². The van der Waals surface area contributed by atoms with Crippen molar-refractivity contribution in [2.24, 2.45) is 0 Å². The summed E-state index contributed by atoms with van der Waals surface area (Å²) in [6, 6.07) is 13.5. The third-order valence-electron chi connectivity index (χ3n) is 5.18. The highest BCUT2D eigenvalue weighted by Crippen LogP contribution is 2.28. The zero-order valence-corrected chi connectivity index (χ0v) is 19.0. The van der Waals surface area contributed by atoms with Crippen LogP contribution < -0.4 is 10.2 Å². The lowest BCUT2D eigenvalue weighted by atomic mass is 10.1. The van der Waals surface area contributed by atoms with E-state index in [1.807, 2.05) is 30.3 Å². The first-order chi connectivity index (χ1) is 15.4. The van der Waals surface area contributed by atoms with Crippen LogP contribution in [0, 0.1) is 5.82 Å². The number of nitrogens with zero attached hydrogens (tertiary/aromatic N) is 2. The Balaban J connectivity index is 1.72. The topological polar surface area (TPSA) is 68.6 Å². The van der Waals surface area contributed by atoms with Gasteiger partial charge >= 0.3 is 0 Å². The summed E-state index contributed by atoms with van der Waals surface area (Å²) < 4.78 is 20.8. The summed E-state index contributed by atoms with van der Waals surface area (Å²) in [6.45, 7) is 0.814. The van der Waals surface area contributed by atoms with Crippen molar-refractivity contribution < 1.29 is 18.7 Å². The van der Waals surface area contributed by atoms with Crippen molar-refractivity contribution >= 4 is 39.7 Å². The predicted molar refractivity (Wildman–Crippen MR) is 121 cm³/mol. The number of carbonyl (C=O) groups excluding carboxylic acids is 2. The molecule has 0 saturated heterocycles. The second-order valence-electron chi connectivity index (χ2n) is 7.23. The molecule has 0 aliphatic carbocycles. The Morgan fingerprint density at radius 2 is 1.84 bits per heavy atom. The van der Waals surface area contributed by atoms with Gasteiger partial charge in [-0.2, -0.15) is 0 Å².